The van der Waals surface area contributed by atoms with Crippen LogP contribution in [0.3, 0.4) is 0 Å². The van der Waals surface area contributed by atoms with E-state index in [1.54, 1.807) is 0 Å². The Balaban J connectivity index is 3.17. The van der Waals surface area contributed by atoms with E-state index in [2.05, 4.69) is 14.5 Å². The predicted molar refractivity (Wildman–Crippen MR) is 51.4 cm³/mol. The molecule has 94 valence electrons. The van der Waals surface area contributed by atoms with Gasteiger partial charge in [-0.3, -0.25) is 4.79 Å². The molecule has 0 saturated carbocycles. The van der Waals surface area contributed by atoms with E-state index >= 15 is 0 Å². The van der Waals surface area contributed by atoms with Crippen molar-refractivity contribution in [2.75, 3.05) is 14.2 Å². The maximum atomic E-state index is 13.6. The zero-order valence-electron chi connectivity index (χ0n) is 9.17. The number of hydrogen-bond donors (Lipinski definition) is 0. The van der Waals surface area contributed by atoms with Crippen LogP contribution in [0.25, 0.3) is 0 Å². The summed E-state index contributed by atoms with van der Waals surface area (Å²) < 4.78 is 47.4. The van der Waals surface area contributed by atoms with Crippen molar-refractivity contribution in [1.82, 2.24) is 4.98 Å². The molecule has 0 bridgehead atoms. The highest BCUT2D eigenvalue weighted by molar-refractivity contribution is 5.72. The number of rotatable bonds is 4. The normalized spacial score (nSPS) is 10.5. The zero-order chi connectivity index (χ0) is 13.0. The third kappa shape index (κ3) is 3.08. The number of hydrogen-bond acceptors (Lipinski definition) is 4. The Labute approximate surface area is 95.4 Å². The Bertz CT molecular complexity index is 424. The molecule has 0 N–H and O–H groups in total. The van der Waals surface area contributed by atoms with Gasteiger partial charge < -0.3 is 9.47 Å². The quantitative estimate of drug-likeness (QED) is 0.764. The van der Waals surface area contributed by atoms with Gasteiger partial charge in [0.1, 0.15) is 5.69 Å². The van der Waals surface area contributed by atoms with Crippen LogP contribution in [0.5, 0.6) is 5.75 Å². The molecule has 0 aliphatic rings. The number of ether oxygens (including phenoxy) is 2. The molecule has 0 aliphatic heterocycles. The first-order valence-electron chi connectivity index (χ1n) is 4.57. The summed E-state index contributed by atoms with van der Waals surface area (Å²) in [6.07, 6.45) is -3.40. The molecule has 0 spiro atoms. The van der Waals surface area contributed by atoms with Crippen molar-refractivity contribution in [1.29, 1.82) is 0 Å². The minimum absolute atomic E-state index is 0.380. The lowest BCUT2D eigenvalue weighted by molar-refractivity contribution is -0.139. The van der Waals surface area contributed by atoms with E-state index in [-0.39, 0.29) is 5.75 Å². The maximum Gasteiger partial charge on any atom is 0.311 e. The van der Waals surface area contributed by atoms with Gasteiger partial charge >= 0.3 is 5.97 Å². The number of alkyl halides is 2. The first kappa shape index (κ1) is 13.3. The lowest BCUT2D eigenvalue weighted by Gasteiger charge is -2.09. The summed E-state index contributed by atoms with van der Waals surface area (Å²) in [6.45, 7) is 0. The monoisotopic (exact) mass is 249 g/mol. The van der Waals surface area contributed by atoms with Crippen LogP contribution in [0.4, 0.5) is 13.2 Å². The highest BCUT2D eigenvalue weighted by atomic mass is 19.3. The number of halogens is 3. The SMILES string of the molecule is COC(=O)Cc1nc(C(F)F)cc(OC)c1F. The standard InChI is InChI=1S/C10H10F3NO3/c1-16-7-3-6(10(12)13)14-5(9(7)11)4-8(15)17-2/h3,10H,4H2,1-2H3. The smallest absolute Gasteiger partial charge is 0.311 e. The first-order chi connectivity index (χ1) is 7.99. The van der Waals surface area contributed by atoms with Crippen LogP contribution in [-0.4, -0.2) is 25.2 Å². The summed E-state index contributed by atoms with van der Waals surface area (Å²) >= 11 is 0. The van der Waals surface area contributed by atoms with E-state index in [1.165, 1.54) is 0 Å². The highest BCUT2D eigenvalue weighted by Gasteiger charge is 2.20. The highest BCUT2D eigenvalue weighted by Crippen LogP contribution is 2.26. The van der Waals surface area contributed by atoms with Crippen molar-refractivity contribution >= 4 is 5.97 Å². The van der Waals surface area contributed by atoms with Crippen molar-refractivity contribution in [2.24, 2.45) is 0 Å². The molecule has 0 amide bonds. The second-order valence-electron chi connectivity index (χ2n) is 3.06. The Morgan fingerprint density at radius 1 is 1.47 bits per heavy atom. The number of carbonyl (C=O) groups excluding carboxylic acids is 1. The molecule has 1 heterocycles. The molecule has 0 aromatic carbocycles. The van der Waals surface area contributed by atoms with Crippen LogP contribution >= 0.6 is 0 Å². The molecule has 1 aromatic heterocycles. The van der Waals surface area contributed by atoms with Gasteiger partial charge in [-0.15, -0.1) is 0 Å². The second-order valence-corrected chi connectivity index (χ2v) is 3.06. The van der Waals surface area contributed by atoms with Crippen LogP contribution < -0.4 is 4.74 Å². The van der Waals surface area contributed by atoms with Crippen molar-refractivity contribution in [3.63, 3.8) is 0 Å². The van der Waals surface area contributed by atoms with Crippen LogP contribution in [0.15, 0.2) is 6.07 Å². The van der Waals surface area contributed by atoms with Crippen molar-refractivity contribution in [2.45, 2.75) is 12.8 Å². The summed E-state index contributed by atoms with van der Waals surface area (Å²) in [5.41, 5.74) is -1.08. The average molecular weight is 249 g/mol. The number of pyridine rings is 1. The van der Waals surface area contributed by atoms with Crippen LogP contribution in [0.1, 0.15) is 17.8 Å². The van der Waals surface area contributed by atoms with Gasteiger partial charge in [0, 0.05) is 6.07 Å². The average Bonchev–Trinajstić information content (AvgIpc) is 2.31. The molecule has 0 saturated heterocycles. The lowest BCUT2D eigenvalue weighted by atomic mass is 10.2. The summed E-state index contributed by atoms with van der Waals surface area (Å²) in [5, 5.41) is 0. The van der Waals surface area contributed by atoms with E-state index < -0.39 is 36.0 Å². The Morgan fingerprint density at radius 3 is 2.59 bits per heavy atom. The Morgan fingerprint density at radius 2 is 2.12 bits per heavy atom. The van der Waals surface area contributed by atoms with Crippen LogP contribution in [0.2, 0.25) is 0 Å². The zero-order valence-corrected chi connectivity index (χ0v) is 9.17. The summed E-state index contributed by atoms with van der Waals surface area (Å²) in [5.74, 6) is -2.10. The minimum atomic E-state index is -2.87. The fraction of sp³-hybridized carbons (Fsp3) is 0.400. The topological polar surface area (TPSA) is 48.4 Å². The lowest BCUT2D eigenvalue weighted by Crippen LogP contribution is -2.10. The first-order valence-corrected chi connectivity index (χ1v) is 4.57. The molecule has 0 atom stereocenters. The largest absolute Gasteiger partial charge is 0.494 e. The molecular formula is C10H10F3NO3. The molecule has 0 unspecified atom stereocenters. The van der Waals surface area contributed by atoms with Gasteiger partial charge in [-0.1, -0.05) is 0 Å². The van der Waals surface area contributed by atoms with Crippen LogP contribution in [0, 0.1) is 5.82 Å². The number of carbonyl (C=O) groups is 1. The van der Waals surface area contributed by atoms with Crippen molar-refractivity contribution < 1.29 is 27.4 Å². The van der Waals surface area contributed by atoms with Gasteiger partial charge in [0.15, 0.2) is 11.6 Å². The fourth-order valence-corrected chi connectivity index (χ4v) is 1.16. The Kier molecular flexibility index (Phi) is 4.30. The summed E-state index contributed by atoms with van der Waals surface area (Å²) in [7, 11) is 2.24. The minimum Gasteiger partial charge on any atom is -0.494 e. The molecule has 1 aromatic rings. The second kappa shape index (κ2) is 5.51. The maximum absolute atomic E-state index is 13.6. The molecule has 17 heavy (non-hydrogen) atoms. The molecule has 4 nitrogen and oxygen atoms in total. The van der Waals surface area contributed by atoms with E-state index in [9.17, 15) is 18.0 Å². The van der Waals surface area contributed by atoms with Gasteiger partial charge in [0.05, 0.1) is 26.3 Å². The van der Waals surface area contributed by atoms with Gasteiger partial charge in [0.2, 0.25) is 0 Å². The molecule has 1 rings (SSSR count). The van der Waals surface area contributed by atoms with E-state index in [0.717, 1.165) is 20.3 Å². The number of esters is 1. The molecule has 0 radical (unpaired) electrons. The molecule has 7 heteroatoms. The number of methoxy groups -OCH3 is 2. The van der Waals surface area contributed by atoms with E-state index in [4.69, 9.17) is 0 Å². The fourth-order valence-electron chi connectivity index (χ4n) is 1.16. The number of nitrogens with zero attached hydrogens (tertiary/aromatic N) is 1. The third-order valence-corrected chi connectivity index (χ3v) is 2.00. The molecule has 0 fully saturated rings. The predicted octanol–water partition coefficient (Wildman–Crippen LogP) is 1.88. The van der Waals surface area contributed by atoms with Gasteiger partial charge in [-0.05, 0) is 0 Å². The Hall–Kier alpha value is -1.79. The van der Waals surface area contributed by atoms with Gasteiger partial charge in [-0.2, -0.15) is 0 Å². The van der Waals surface area contributed by atoms with E-state index in [0.29, 0.717) is 0 Å². The van der Waals surface area contributed by atoms with E-state index in [1.807, 2.05) is 0 Å². The summed E-state index contributed by atoms with van der Waals surface area (Å²) in [6, 6.07) is 0.792. The van der Waals surface area contributed by atoms with Crippen LogP contribution in [-0.2, 0) is 16.0 Å². The van der Waals surface area contributed by atoms with Crippen molar-refractivity contribution in [3.8, 4) is 5.75 Å². The molecular weight excluding hydrogens is 239 g/mol. The van der Waals surface area contributed by atoms with Crippen molar-refractivity contribution in [3.05, 3.63) is 23.3 Å². The summed E-state index contributed by atoms with van der Waals surface area (Å²) in [4.78, 5) is 14.3. The number of aromatic nitrogens is 1. The van der Waals surface area contributed by atoms with Gasteiger partial charge in [0.25, 0.3) is 6.43 Å². The molecule has 0 aliphatic carbocycles. The third-order valence-electron chi connectivity index (χ3n) is 2.00. The van der Waals surface area contributed by atoms with Gasteiger partial charge in [-0.25, -0.2) is 18.2 Å².